The molecule has 4 heteroatoms. The van der Waals surface area contributed by atoms with E-state index in [9.17, 15) is 0 Å². The smallest absolute Gasteiger partial charge is 0.108 e. The molecule has 0 bridgehead atoms. The molecule has 0 aliphatic carbocycles. The Morgan fingerprint density at radius 1 is 1.64 bits per heavy atom. The number of aliphatic hydroxyl groups is 1. The van der Waals surface area contributed by atoms with Crippen LogP contribution in [0.1, 0.15) is 12.8 Å². The zero-order valence-electron chi connectivity index (χ0n) is 8.66. The van der Waals surface area contributed by atoms with E-state index in [1.807, 2.05) is 0 Å². The van der Waals surface area contributed by atoms with Gasteiger partial charge in [0.1, 0.15) is 5.76 Å². The lowest BCUT2D eigenvalue weighted by molar-refractivity contribution is -0.0106. The van der Waals surface area contributed by atoms with E-state index in [4.69, 9.17) is 14.6 Å². The van der Waals surface area contributed by atoms with Crippen molar-refractivity contribution >= 4 is 0 Å². The topological polar surface area (TPSA) is 50.7 Å². The average Bonchev–Trinajstić information content (AvgIpc) is 2.25. The summed E-state index contributed by atoms with van der Waals surface area (Å²) in [6.07, 6.45) is 2.15. The van der Waals surface area contributed by atoms with Gasteiger partial charge in [0.15, 0.2) is 0 Å². The average molecular weight is 201 g/mol. The van der Waals surface area contributed by atoms with Crippen molar-refractivity contribution < 1.29 is 14.6 Å². The number of piperidine rings is 1. The highest BCUT2D eigenvalue weighted by molar-refractivity contribution is 5.03. The second-order valence-corrected chi connectivity index (χ2v) is 3.38. The normalized spacial score (nSPS) is 27.3. The number of rotatable bonds is 5. The molecule has 82 valence electrons. The van der Waals surface area contributed by atoms with Crippen molar-refractivity contribution in [2.75, 3.05) is 26.9 Å². The minimum Gasteiger partial charge on any atom is -0.500 e. The molecule has 1 saturated heterocycles. The molecule has 1 rings (SSSR count). The molecular formula is C10H19NO3. The summed E-state index contributed by atoms with van der Waals surface area (Å²) in [5.74, 6) is 0.702. The number of ether oxygens (including phenoxy) is 2. The molecule has 2 N–H and O–H groups in total. The molecule has 0 amide bonds. The van der Waals surface area contributed by atoms with Crippen LogP contribution in [0.4, 0.5) is 0 Å². The van der Waals surface area contributed by atoms with Gasteiger partial charge in [0.25, 0.3) is 0 Å². The van der Waals surface area contributed by atoms with Gasteiger partial charge in [0.2, 0.25) is 0 Å². The Bertz CT molecular complexity index is 184. The molecule has 2 unspecified atom stereocenters. The maximum absolute atomic E-state index is 8.68. The Kier molecular flexibility index (Phi) is 4.93. The number of methoxy groups -OCH3 is 1. The predicted molar refractivity (Wildman–Crippen MR) is 54.0 cm³/mol. The van der Waals surface area contributed by atoms with Crippen LogP contribution in [0.15, 0.2) is 12.3 Å². The SMILES string of the molecule is C=C(OC)C1NCCCC1OCCO. The van der Waals surface area contributed by atoms with Gasteiger partial charge in [-0.1, -0.05) is 6.58 Å². The van der Waals surface area contributed by atoms with E-state index in [1.165, 1.54) is 0 Å². The van der Waals surface area contributed by atoms with E-state index < -0.39 is 0 Å². The third-order valence-corrected chi connectivity index (χ3v) is 2.43. The first-order valence-electron chi connectivity index (χ1n) is 4.98. The summed E-state index contributed by atoms with van der Waals surface area (Å²) in [4.78, 5) is 0. The minimum absolute atomic E-state index is 0.0558. The summed E-state index contributed by atoms with van der Waals surface area (Å²) in [7, 11) is 1.61. The molecule has 0 aromatic carbocycles. The molecule has 1 heterocycles. The van der Waals surface area contributed by atoms with Gasteiger partial charge in [-0.05, 0) is 19.4 Å². The molecule has 1 aliphatic rings. The van der Waals surface area contributed by atoms with Crippen LogP contribution in [0.3, 0.4) is 0 Å². The van der Waals surface area contributed by atoms with Crippen molar-refractivity contribution in [3.8, 4) is 0 Å². The van der Waals surface area contributed by atoms with E-state index in [0.717, 1.165) is 19.4 Å². The van der Waals surface area contributed by atoms with E-state index in [2.05, 4.69) is 11.9 Å². The first-order chi connectivity index (χ1) is 6.79. The van der Waals surface area contributed by atoms with Gasteiger partial charge in [0, 0.05) is 0 Å². The molecule has 0 spiro atoms. The summed E-state index contributed by atoms with van der Waals surface area (Å²) >= 11 is 0. The van der Waals surface area contributed by atoms with Gasteiger partial charge in [0.05, 0.1) is 32.5 Å². The van der Waals surface area contributed by atoms with Gasteiger partial charge in [-0.3, -0.25) is 0 Å². The molecule has 0 radical (unpaired) electrons. The quantitative estimate of drug-likeness (QED) is 0.627. The summed E-state index contributed by atoms with van der Waals surface area (Å²) in [6, 6.07) is 0.0558. The predicted octanol–water partition coefficient (Wildman–Crippen LogP) is 0.276. The maximum atomic E-state index is 8.68. The van der Waals surface area contributed by atoms with Gasteiger partial charge < -0.3 is 19.9 Å². The highest BCUT2D eigenvalue weighted by Gasteiger charge is 2.28. The van der Waals surface area contributed by atoms with Crippen LogP contribution in [0, 0.1) is 0 Å². The first-order valence-corrected chi connectivity index (χ1v) is 4.98. The highest BCUT2D eigenvalue weighted by atomic mass is 16.5. The van der Waals surface area contributed by atoms with E-state index in [1.54, 1.807) is 7.11 Å². The van der Waals surface area contributed by atoms with E-state index >= 15 is 0 Å². The Balaban J connectivity index is 2.45. The van der Waals surface area contributed by atoms with Crippen LogP contribution < -0.4 is 5.32 Å². The Hall–Kier alpha value is -0.580. The lowest BCUT2D eigenvalue weighted by Crippen LogP contribution is -2.47. The molecule has 0 aromatic rings. The van der Waals surface area contributed by atoms with E-state index in [-0.39, 0.29) is 18.8 Å². The van der Waals surface area contributed by atoms with Gasteiger partial charge in [-0.15, -0.1) is 0 Å². The molecule has 0 aromatic heterocycles. The Labute approximate surface area is 84.9 Å². The van der Waals surface area contributed by atoms with Crippen molar-refractivity contribution in [2.24, 2.45) is 0 Å². The fourth-order valence-electron chi connectivity index (χ4n) is 1.69. The second-order valence-electron chi connectivity index (χ2n) is 3.38. The molecule has 1 aliphatic heterocycles. The lowest BCUT2D eigenvalue weighted by atomic mass is 10.00. The standard InChI is InChI=1S/C10H19NO3/c1-8(13-2)10-9(14-7-6-12)4-3-5-11-10/h9-12H,1,3-7H2,2H3. The van der Waals surface area contributed by atoms with Crippen LogP contribution >= 0.6 is 0 Å². The Morgan fingerprint density at radius 3 is 3.07 bits per heavy atom. The monoisotopic (exact) mass is 201 g/mol. The summed E-state index contributed by atoms with van der Waals surface area (Å²) in [5.41, 5.74) is 0. The van der Waals surface area contributed by atoms with Gasteiger partial charge >= 0.3 is 0 Å². The number of aliphatic hydroxyl groups excluding tert-OH is 1. The molecule has 2 atom stereocenters. The van der Waals surface area contributed by atoms with Crippen molar-refractivity contribution in [1.29, 1.82) is 0 Å². The van der Waals surface area contributed by atoms with Crippen molar-refractivity contribution in [1.82, 2.24) is 5.32 Å². The maximum Gasteiger partial charge on any atom is 0.108 e. The summed E-state index contributed by atoms with van der Waals surface area (Å²) in [5, 5.41) is 12.0. The largest absolute Gasteiger partial charge is 0.500 e. The molecule has 1 fully saturated rings. The van der Waals surface area contributed by atoms with Crippen LogP contribution in [0.2, 0.25) is 0 Å². The van der Waals surface area contributed by atoms with Crippen LogP contribution in [-0.4, -0.2) is 44.1 Å². The van der Waals surface area contributed by atoms with Crippen LogP contribution in [-0.2, 0) is 9.47 Å². The van der Waals surface area contributed by atoms with Crippen molar-refractivity contribution in [3.63, 3.8) is 0 Å². The summed E-state index contributed by atoms with van der Waals surface area (Å²) in [6.45, 7) is 5.23. The zero-order chi connectivity index (χ0) is 10.4. The molecular weight excluding hydrogens is 182 g/mol. The Morgan fingerprint density at radius 2 is 2.43 bits per heavy atom. The number of nitrogens with one attached hydrogen (secondary N) is 1. The fraction of sp³-hybridized carbons (Fsp3) is 0.800. The summed E-state index contributed by atoms with van der Waals surface area (Å²) < 4.78 is 10.6. The highest BCUT2D eigenvalue weighted by Crippen LogP contribution is 2.17. The van der Waals surface area contributed by atoms with Crippen LogP contribution in [0.25, 0.3) is 0 Å². The number of hydrogen-bond acceptors (Lipinski definition) is 4. The van der Waals surface area contributed by atoms with Gasteiger partial charge in [-0.2, -0.15) is 0 Å². The zero-order valence-corrected chi connectivity index (χ0v) is 8.66. The first kappa shape index (κ1) is 11.5. The van der Waals surface area contributed by atoms with Crippen molar-refractivity contribution in [3.05, 3.63) is 12.3 Å². The third kappa shape index (κ3) is 2.97. The fourth-order valence-corrected chi connectivity index (χ4v) is 1.69. The minimum atomic E-state index is 0.0558. The van der Waals surface area contributed by atoms with Gasteiger partial charge in [-0.25, -0.2) is 0 Å². The van der Waals surface area contributed by atoms with Crippen LogP contribution in [0.5, 0.6) is 0 Å². The van der Waals surface area contributed by atoms with Crippen molar-refractivity contribution in [2.45, 2.75) is 25.0 Å². The second kappa shape index (κ2) is 6.01. The third-order valence-electron chi connectivity index (χ3n) is 2.43. The van der Waals surface area contributed by atoms with E-state index in [0.29, 0.717) is 12.4 Å². The molecule has 0 saturated carbocycles. The molecule has 4 nitrogen and oxygen atoms in total. The molecule has 14 heavy (non-hydrogen) atoms. The lowest BCUT2D eigenvalue weighted by Gasteiger charge is -2.32. The number of hydrogen-bond donors (Lipinski definition) is 2.